The van der Waals surface area contributed by atoms with E-state index in [-0.39, 0.29) is 13.2 Å². The molecule has 1 heterocycles. The van der Waals surface area contributed by atoms with Crippen molar-refractivity contribution < 1.29 is 10.2 Å². The van der Waals surface area contributed by atoms with Crippen LogP contribution in [0.1, 0.15) is 28.9 Å². The first-order valence-corrected chi connectivity index (χ1v) is 6.93. The molecule has 2 N–H and O–H groups in total. The van der Waals surface area contributed by atoms with E-state index in [0.29, 0.717) is 18.7 Å². The summed E-state index contributed by atoms with van der Waals surface area (Å²) >= 11 is 0. The average Bonchev–Trinajstić information content (AvgIpc) is 2.86. The second-order valence-electron chi connectivity index (χ2n) is 4.93. The molecule has 0 aliphatic heterocycles. The molecule has 20 heavy (non-hydrogen) atoms. The average molecular weight is 275 g/mol. The Balaban J connectivity index is 2.06. The Labute approximate surface area is 118 Å². The number of aromatic nitrogens is 3. The molecule has 1 aromatic carbocycles. The summed E-state index contributed by atoms with van der Waals surface area (Å²) in [5.74, 6) is 0. The largest absolute Gasteiger partial charge is 0.396 e. The van der Waals surface area contributed by atoms with Crippen LogP contribution in [0.3, 0.4) is 0 Å². The molecule has 0 aliphatic carbocycles. The first kappa shape index (κ1) is 14.7. The summed E-state index contributed by atoms with van der Waals surface area (Å²) in [6.07, 6.45) is 2.32. The minimum absolute atomic E-state index is 0.0949. The number of hydrogen-bond donors (Lipinski definition) is 2. The number of rotatable bonds is 7. The second-order valence-corrected chi connectivity index (χ2v) is 4.93. The molecule has 108 valence electrons. The smallest absolute Gasteiger partial charge is 0.111 e. The molecule has 0 fully saturated rings. The Morgan fingerprint density at radius 1 is 1.10 bits per heavy atom. The summed E-state index contributed by atoms with van der Waals surface area (Å²) in [4.78, 5) is 0. The van der Waals surface area contributed by atoms with Gasteiger partial charge >= 0.3 is 0 Å². The highest BCUT2D eigenvalue weighted by molar-refractivity contribution is 5.22. The van der Waals surface area contributed by atoms with Gasteiger partial charge in [0.15, 0.2) is 0 Å². The quantitative estimate of drug-likeness (QED) is 0.797. The molecule has 0 atom stereocenters. The number of aliphatic hydroxyl groups is 2. The van der Waals surface area contributed by atoms with Crippen LogP contribution in [-0.4, -0.2) is 31.8 Å². The van der Waals surface area contributed by atoms with E-state index in [0.717, 1.165) is 18.5 Å². The van der Waals surface area contributed by atoms with E-state index in [4.69, 9.17) is 5.11 Å². The Kier molecular flexibility index (Phi) is 5.26. The number of benzene rings is 1. The van der Waals surface area contributed by atoms with E-state index in [1.54, 1.807) is 4.68 Å². The summed E-state index contributed by atoms with van der Waals surface area (Å²) in [5.41, 5.74) is 4.10. The summed E-state index contributed by atoms with van der Waals surface area (Å²) in [5, 5.41) is 26.3. The highest BCUT2D eigenvalue weighted by Gasteiger charge is 2.11. The van der Waals surface area contributed by atoms with E-state index < -0.39 is 0 Å². The maximum Gasteiger partial charge on any atom is 0.111 e. The summed E-state index contributed by atoms with van der Waals surface area (Å²) < 4.78 is 1.79. The lowest BCUT2D eigenvalue weighted by Gasteiger charge is -2.07. The van der Waals surface area contributed by atoms with Gasteiger partial charge in [0.25, 0.3) is 0 Å². The Morgan fingerprint density at radius 2 is 1.85 bits per heavy atom. The topological polar surface area (TPSA) is 71.2 Å². The van der Waals surface area contributed by atoms with Crippen molar-refractivity contribution in [2.75, 3.05) is 6.61 Å². The van der Waals surface area contributed by atoms with Gasteiger partial charge in [-0.15, -0.1) is 5.10 Å². The molecular weight excluding hydrogens is 254 g/mol. The van der Waals surface area contributed by atoms with E-state index in [1.807, 2.05) is 0 Å². The first-order chi connectivity index (χ1) is 9.74. The lowest BCUT2D eigenvalue weighted by atomic mass is 10.1. The van der Waals surface area contributed by atoms with Crippen LogP contribution in [0, 0.1) is 6.92 Å². The van der Waals surface area contributed by atoms with Crippen molar-refractivity contribution in [1.29, 1.82) is 0 Å². The molecule has 2 aromatic rings. The van der Waals surface area contributed by atoms with Crippen LogP contribution in [0.15, 0.2) is 24.3 Å². The van der Waals surface area contributed by atoms with Crippen molar-refractivity contribution in [3.05, 3.63) is 46.8 Å². The molecule has 0 radical (unpaired) electrons. The molecule has 1 aromatic heterocycles. The van der Waals surface area contributed by atoms with Crippen molar-refractivity contribution >= 4 is 0 Å². The molecule has 0 unspecified atom stereocenters. The molecule has 5 heteroatoms. The fourth-order valence-electron chi connectivity index (χ4n) is 2.18. The SMILES string of the molecule is Cc1ccc(CCc2c(CO)nnn2CCCO)cc1. The number of nitrogens with zero attached hydrogens (tertiary/aromatic N) is 3. The lowest BCUT2D eigenvalue weighted by Crippen LogP contribution is -2.09. The fourth-order valence-corrected chi connectivity index (χ4v) is 2.18. The van der Waals surface area contributed by atoms with Crippen molar-refractivity contribution in [3.63, 3.8) is 0 Å². The minimum Gasteiger partial charge on any atom is -0.396 e. The van der Waals surface area contributed by atoms with Crippen molar-refractivity contribution in [2.24, 2.45) is 0 Å². The standard InChI is InChI=1S/C15H21N3O2/c1-12-3-5-13(6-4-12)7-8-15-14(11-20)16-17-18(15)9-2-10-19/h3-6,19-20H,2,7-11H2,1H3. The van der Waals surface area contributed by atoms with Crippen molar-refractivity contribution in [1.82, 2.24) is 15.0 Å². The molecule has 0 amide bonds. The van der Waals surface area contributed by atoms with Gasteiger partial charge in [-0.2, -0.15) is 0 Å². The molecule has 0 saturated heterocycles. The number of aryl methyl sites for hydroxylation is 3. The van der Waals surface area contributed by atoms with E-state index in [9.17, 15) is 5.11 Å². The fraction of sp³-hybridized carbons (Fsp3) is 0.467. The zero-order valence-electron chi connectivity index (χ0n) is 11.8. The molecule has 0 aliphatic rings. The molecule has 5 nitrogen and oxygen atoms in total. The van der Waals surface area contributed by atoms with Crippen LogP contribution in [-0.2, 0) is 26.0 Å². The van der Waals surface area contributed by atoms with Gasteiger partial charge in [0.2, 0.25) is 0 Å². The van der Waals surface area contributed by atoms with Crippen LogP contribution in [0.25, 0.3) is 0 Å². The maximum absolute atomic E-state index is 9.33. The highest BCUT2D eigenvalue weighted by atomic mass is 16.3. The molecule has 0 bridgehead atoms. The molecule has 0 saturated carbocycles. The summed E-state index contributed by atoms with van der Waals surface area (Å²) in [7, 11) is 0. The Hall–Kier alpha value is -1.72. The van der Waals surface area contributed by atoms with Gasteiger partial charge in [-0.25, -0.2) is 4.68 Å². The minimum atomic E-state index is -0.0949. The van der Waals surface area contributed by atoms with Gasteiger partial charge in [0.1, 0.15) is 5.69 Å². The van der Waals surface area contributed by atoms with E-state index in [2.05, 4.69) is 41.5 Å². The van der Waals surface area contributed by atoms with Crippen LogP contribution in [0.2, 0.25) is 0 Å². The first-order valence-electron chi connectivity index (χ1n) is 6.93. The van der Waals surface area contributed by atoms with Crippen molar-refractivity contribution in [3.8, 4) is 0 Å². The third-order valence-electron chi connectivity index (χ3n) is 3.37. The Bertz CT molecular complexity index is 535. The summed E-state index contributed by atoms with van der Waals surface area (Å²) in [6, 6.07) is 8.44. The molecule has 0 spiro atoms. The monoisotopic (exact) mass is 275 g/mol. The van der Waals surface area contributed by atoms with Crippen molar-refractivity contribution in [2.45, 2.75) is 39.3 Å². The predicted octanol–water partition coefficient (Wildman–Crippen LogP) is 1.25. The van der Waals surface area contributed by atoms with Gasteiger partial charge in [-0.05, 0) is 31.7 Å². The van der Waals surface area contributed by atoms with Crippen LogP contribution in [0.5, 0.6) is 0 Å². The zero-order valence-corrected chi connectivity index (χ0v) is 11.8. The molecule has 2 rings (SSSR count). The predicted molar refractivity (Wildman–Crippen MR) is 76.2 cm³/mol. The van der Waals surface area contributed by atoms with Gasteiger partial charge < -0.3 is 10.2 Å². The second kappa shape index (κ2) is 7.17. The normalized spacial score (nSPS) is 10.9. The summed E-state index contributed by atoms with van der Waals surface area (Å²) in [6.45, 7) is 2.74. The van der Waals surface area contributed by atoms with Gasteiger partial charge in [0, 0.05) is 13.2 Å². The van der Waals surface area contributed by atoms with Gasteiger partial charge in [-0.3, -0.25) is 0 Å². The lowest BCUT2D eigenvalue weighted by molar-refractivity contribution is 0.273. The van der Waals surface area contributed by atoms with E-state index in [1.165, 1.54) is 11.1 Å². The number of aliphatic hydroxyl groups excluding tert-OH is 2. The molecular formula is C15H21N3O2. The third kappa shape index (κ3) is 3.65. The Morgan fingerprint density at radius 3 is 2.50 bits per heavy atom. The number of hydrogen-bond acceptors (Lipinski definition) is 4. The maximum atomic E-state index is 9.33. The highest BCUT2D eigenvalue weighted by Crippen LogP contribution is 2.12. The van der Waals surface area contributed by atoms with E-state index >= 15 is 0 Å². The van der Waals surface area contributed by atoms with Crippen LogP contribution in [0.4, 0.5) is 0 Å². The van der Waals surface area contributed by atoms with Gasteiger partial charge in [0.05, 0.1) is 12.3 Å². The van der Waals surface area contributed by atoms with Crippen LogP contribution < -0.4 is 0 Å². The van der Waals surface area contributed by atoms with Gasteiger partial charge in [-0.1, -0.05) is 35.0 Å². The third-order valence-corrected chi connectivity index (χ3v) is 3.37. The zero-order chi connectivity index (χ0) is 14.4. The van der Waals surface area contributed by atoms with Crippen LogP contribution >= 0.6 is 0 Å².